The molecule has 0 saturated heterocycles. The fourth-order valence-electron chi connectivity index (χ4n) is 1.12. The summed E-state index contributed by atoms with van der Waals surface area (Å²) in [6.07, 6.45) is 1.42. The van der Waals surface area contributed by atoms with E-state index in [1.807, 2.05) is 0 Å². The third-order valence-corrected chi connectivity index (χ3v) is 2.24. The number of carbonyl (C=O) groups excluding carboxylic acids is 1. The number of hydrogen-bond donors (Lipinski definition) is 3. The standard InChI is InChI=1S/C10H17N5O2/c1-10(2,3)9(16)13-8-6(7(11)14-17)5-12-15(8)4/h5,17H,1-4H3,(H2,11,14)(H,13,16). The van der Waals surface area contributed by atoms with Crippen molar-refractivity contribution >= 4 is 17.6 Å². The molecule has 4 N–H and O–H groups in total. The van der Waals surface area contributed by atoms with Gasteiger partial charge in [0.25, 0.3) is 0 Å². The monoisotopic (exact) mass is 239 g/mol. The van der Waals surface area contributed by atoms with Gasteiger partial charge in [-0.05, 0) is 0 Å². The van der Waals surface area contributed by atoms with Crippen LogP contribution in [0.3, 0.4) is 0 Å². The Morgan fingerprint density at radius 3 is 2.65 bits per heavy atom. The first kappa shape index (κ1) is 13.0. The highest BCUT2D eigenvalue weighted by atomic mass is 16.4. The van der Waals surface area contributed by atoms with E-state index in [1.165, 1.54) is 10.9 Å². The summed E-state index contributed by atoms with van der Waals surface area (Å²) in [6, 6.07) is 0. The molecule has 0 radical (unpaired) electrons. The van der Waals surface area contributed by atoms with Gasteiger partial charge in [-0.2, -0.15) is 5.10 Å². The van der Waals surface area contributed by atoms with Gasteiger partial charge in [-0.15, -0.1) is 0 Å². The summed E-state index contributed by atoms with van der Waals surface area (Å²) in [7, 11) is 1.66. The number of anilines is 1. The lowest BCUT2D eigenvalue weighted by molar-refractivity contribution is -0.123. The van der Waals surface area contributed by atoms with E-state index < -0.39 is 5.41 Å². The van der Waals surface area contributed by atoms with E-state index in [0.717, 1.165) is 0 Å². The van der Waals surface area contributed by atoms with Crippen molar-refractivity contribution in [1.82, 2.24) is 9.78 Å². The maximum atomic E-state index is 11.9. The van der Waals surface area contributed by atoms with E-state index in [9.17, 15) is 4.79 Å². The van der Waals surface area contributed by atoms with Gasteiger partial charge < -0.3 is 16.3 Å². The molecule has 1 aromatic rings. The molecular weight excluding hydrogens is 222 g/mol. The Morgan fingerprint density at radius 1 is 1.59 bits per heavy atom. The average Bonchev–Trinajstić information content (AvgIpc) is 2.58. The van der Waals surface area contributed by atoms with E-state index in [2.05, 4.69) is 15.6 Å². The van der Waals surface area contributed by atoms with Gasteiger partial charge in [-0.1, -0.05) is 25.9 Å². The molecule has 0 aromatic carbocycles. The summed E-state index contributed by atoms with van der Waals surface area (Å²) in [4.78, 5) is 11.9. The number of rotatable bonds is 2. The van der Waals surface area contributed by atoms with Crippen LogP contribution in [0.4, 0.5) is 5.82 Å². The number of aryl methyl sites for hydroxylation is 1. The molecule has 1 rings (SSSR count). The number of nitrogens with two attached hydrogens (primary N) is 1. The minimum atomic E-state index is -0.535. The Hall–Kier alpha value is -2.05. The van der Waals surface area contributed by atoms with Gasteiger partial charge in [-0.25, -0.2) is 0 Å². The first-order valence-electron chi connectivity index (χ1n) is 5.08. The fraction of sp³-hybridized carbons (Fsp3) is 0.500. The average molecular weight is 239 g/mol. The molecule has 0 atom stereocenters. The lowest BCUT2D eigenvalue weighted by Crippen LogP contribution is -2.29. The second-order valence-corrected chi connectivity index (χ2v) is 4.72. The van der Waals surface area contributed by atoms with Crippen LogP contribution in [-0.4, -0.2) is 26.7 Å². The lowest BCUT2D eigenvalue weighted by atomic mass is 9.96. The molecule has 7 heteroatoms. The second kappa shape index (κ2) is 4.44. The number of nitrogens with zero attached hydrogens (tertiary/aromatic N) is 3. The van der Waals surface area contributed by atoms with Crippen LogP contribution in [0.15, 0.2) is 11.4 Å². The SMILES string of the molecule is Cn1ncc(C(N)=NO)c1NC(=O)C(C)(C)C. The van der Waals surface area contributed by atoms with Gasteiger partial charge in [0.05, 0.1) is 11.8 Å². The number of amides is 1. The number of nitrogens with one attached hydrogen (secondary N) is 1. The van der Waals surface area contributed by atoms with Crippen molar-refractivity contribution in [3.8, 4) is 0 Å². The molecule has 0 fully saturated rings. The molecule has 0 aliphatic heterocycles. The largest absolute Gasteiger partial charge is 0.409 e. The van der Waals surface area contributed by atoms with Crippen LogP contribution in [0.25, 0.3) is 0 Å². The normalized spacial score (nSPS) is 12.6. The first-order chi connectivity index (χ1) is 7.77. The minimum Gasteiger partial charge on any atom is -0.409 e. The predicted octanol–water partition coefficient (Wildman–Crippen LogP) is 0.499. The summed E-state index contributed by atoms with van der Waals surface area (Å²) in [5.74, 6) is 0.135. The van der Waals surface area contributed by atoms with Crippen LogP contribution < -0.4 is 11.1 Å². The highest BCUT2D eigenvalue weighted by Gasteiger charge is 2.24. The van der Waals surface area contributed by atoms with Crippen LogP contribution in [0.1, 0.15) is 26.3 Å². The topological polar surface area (TPSA) is 106 Å². The molecule has 0 bridgehead atoms. The second-order valence-electron chi connectivity index (χ2n) is 4.72. The number of oxime groups is 1. The quantitative estimate of drug-likeness (QED) is 0.302. The molecule has 17 heavy (non-hydrogen) atoms. The Morgan fingerprint density at radius 2 is 2.18 bits per heavy atom. The smallest absolute Gasteiger partial charge is 0.230 e. The number of amidine groups is 1. The number of hydrogen-bond acceptors (Lipinski definition) is 4. The van der Waals surface area contributed by atoms with Crippen LogP contribution in [-0.2, 0) is 11.8 Å². The fourth-order valence-corrected chi connectivity index (χ4v) is 1.12. The zero-order valence-corrected chi connectivity index (χ0v) is 10.4. The van der Waals surface area contributed by atoms with Gasteiger partial charge in [0.15, 0.2) is 5.84 Å². The number of aromatic nitrogens is 2. The maximum absolute atomic E-state index is 11.9. The summed E-state index contributed by atoms with van der Waals surface area (Å²) in [6.45, 7) is 5.38. The Labute approximate surface area is 99.3 Å². The Balaban J connectivity index is 3.07. The zero-order valence-electron chi connectivity index (χ0n) is 10.4. The molecule has 1 aromatic heterocycles. The molecule has 7 nitrogen and oxygen atoms in total. The van der Waals surface area contributed by atoms with Crippen LogP contribution in [0, 0.1) is 5.41 Å². The minimum absolute atomic E-state index is 0.0951. The molecule has 1 amide bonds. The van der Waals surface area contributed by atoms with Crippen molar-refractivity contribution in [2.45, 2.75) is 20.8 Å². The molecule has 0 spiro atoms. The zero-order chi connectivity index (χ0) is 13.2. The van der Waals surface area contributed by atoms with Crippen molar-refractivity contribution in [2.24, 2.45) is 23.4 Å². The van der Waals surface area contributed by atoms with E-state index in [-0.39, 0.29) is 11.7 Å². The van der Waals surface area contributed by atoms with Crippen LogP contribution in [0.2, 0.25) is 0 Å². The van der Waals surface area contributed by atoms with Gasteiger partial charge in [0, 0.05) is 12.5 Å². The van der Waals surface area contributed by atoms with Crippen LogP contribution >= 0.6 is 0 Å². The highest BCUT2D eigenvalue weighted by molar-refractivity contribution is 6.05. The van der Waals surface area contributed by atoms with Gasteiger partial charge in [-0.3, -0.25) is 9.48 Å². The number of carbonyl (C=O) groups is 1. The maximum Gasteiger partial charge on any atom is 0.230 e. The molecule has 1 heterocycles. The summed E-state index contributed by atoms with van der Waals surface area (Å²) < 4.78 is 1.46. The third kappa shape index (κ3) is 2.74. The third-order valence-electron chi connectivity index (χ3n) is 2.24. The van der Waals surface area contributed by atoms with E-state index in [0.29, 0.717) is 11.4 Å². The summed E-state index contributed by atoms with van der Waals surface area (Å²) in [5.41, 5.74) is 5.34. The van der Waals surface area contributed by atoms with Crippen molar-refractivity contribution in [2.75, 3.05) is 5.32 Å². The molecule has 0 saturated carbocycles. The van der Waals surface area contributed by atoms with Crippen molar-refractivity contribution in [3.63, 3.8) is 0 Å². The molecule has 0 aliphatic rings. The van der Waals surface area contributed by atoms with E-state index >= 15 is 0 Å². The summed E-state index contributed by atoms with van der Waals surface area (Å²) in [5, 5.41) is 18.2. The predicted molar refractivity (Wildman–Crippen MR) is 63.8 cm³/mol. The summed E-state index contributed by atoms with van der Waals surface area (Å²) >= 11 is 0. The Bertz CT molecular complexity index is 456. The molecule has 0 unspecified atom stereocenters. The van der Waals surface area contributed by atoms with E-state index in [1.54, 1.807) is 27.8 Å². The molecular formula is C10H17N5O2. The van der Waals surface area contributed by atoms with Crippen LogP contribution in [0.5, 0.6) is 0 Å². The van der Waals surface area contributed by atoms with Gasteiger partial charge >= 0.3 is 0 Å². The van der Waals surface area contributed by atoms with Crippen molar-refractivity contribution in [3.05, 3.63) is 11.8 Å². The van der Waals surface area contributed by atoms with E-state index in [4.69, 9.17) is 10.9 Å². The highest BCUT2D eigenvalue weighted by Crippen LogP contribution is 2.19. The molecule has 94 valence electrons. The van der Waals surface area contributed by atoms with Crippen molar-refractivity contribution < 1.29 is 10.0 Å². The Kier molecular flexibility index (Phi) is 3.40. The van der Waals surface area contributed by atoms with Gasteiger partial charge in [0.2, 0.25) is 5.91 Å². The van der Waals surface area contributed by atoms with Crippen molar-refractivity contribution in [1.29, 1.82) is 0 Å². The molecule has 0 aliphatic carbocycles. The first-order valence-corrected chi connectivity index (χ1v) is 5.08. The lowest BCUT2D eigenvalue weighted by Gasteiger charge is -2.18. The van der Waals surface area contributed by atoms with Gasteiger partial charge in [0.1, 0.15) is 5.82 Å².